The first-order chi connectivity index (χ1) is 12.9. The fourth-order valence-corrected chi connectivity index (χ4v) is 5.67. The van der Waals surface area contributed by atoms with E-state index in [4.69, 9.17) is 27.9 Å². The Bertz CT molecular complexity index is 782. The van der Waals surface area contributed by atoms with E-state index in [-0.39, 0.29) is 27.5 Å². The van der Waals surface area contributed by atoms with Gasteiger partial charge in [-0.25, -0.2) is 8.42 Å². The molecule has 1 aromatic carbocycles. The van der Waals surface area contributed by atoms with Crippen molar-refractivity contribution in [3.05, 3.63) is 28.2 Å². The van der Waals surface area contributed by atoms with Crippen LogP contribution in [0.15, 0.2) is 23.1 Å². The van der Waals surface area contributed by atoms with E-state index in [1.54, 1.807) is 6.07 Å². The third-order valence-electron chi connectivity index (χ3n) is 5.08. The summed E-state index contributed by atoms with van der Waals surface area (Å²) in [5, 5.41) is 0.519. The highest BCUT2D eigenvalue weighted by atomic mass is 35.5. The van der Waals surface area contributed by atoms with Gasteiger partial charge in [-0.05, 0) is 37.6 Å². The summed E-state index contributed by atoms with van der Waals surface area (Å²) in [4.78, 5) is 16.7. The van der Waals surface area contributed by atoms with E-state index in [0.29, 0.717) is 44.4 Å². The van der Waals surface area contributed by atoms with Gasteiger partial charge in [0.05, 0.1) is 34.8 Å². The molecule has 0 aliphatic carbocycles. The number of halogens is 2. The van der Waals surface area contributed by atoms with E-state index in [1.165, 1.54) is 12.1 Å². The number of piperidine rings is 1. The van der Waals surface area contributed by atoms with Crippen molar-refractivity contribution in [2.24, 2.45) is 5.92 Å². The molecule has 0 saturated carbocycles. The second kappa shape index (κ2) is 9.09. The first-order valence-corrected chi connectivity index (χ1v) is 11.5. The molecule has 150 valence electrons. The van der Waals surface area contributed by atoms with Crippen LogP contribution in [0.2, 0.25) is 10.0 Å². The van der Waals surface area contributed by atoms with Crippen LogP contribution in [-0.2, 0) is 19.4 Å². The number of carbonyl (C=O) groups excluding carboxylic acids is 1. The highest BCUT2D eigenvalue weighted by molar-refractivity contribution is 7.91. The first-order valence-electron chi connectivity index (χ1n) is 9.13. The SMILES string of the molecule is O=C(C1CCCN(CCS(=O)(=O)c2cc(Cl)ccc2Cl)C1)N1CCOCC1. The average molecular weight is 435 g/mol. The van der Waals surface area contributed by atoms with Gasteiger partial charge in [-0.3, -0.25) is 4.79 Å². The van der Waals surface area contributed by atoms with Crippen LogP contribution in [0.5, 0.6) is 0 Å². The van der Waals surface area contributed by atoms with Crippen molar-refractivity contribution in [3.8, 4) is 0 Å². The number of amides is 1. The predicted octanol–water partition coefficient (Wildman–Crippen LogP) is 2.34. The zero-order chi connectivity index (χ0) is 19.4. The van der Waals surface area contributed by atoms with Crippen molar-refractivity contribution in [2.45, 2.75) is 17.7 Å². The number of ether oxygens (including phenoxy) is 1. The molecule has 0 bridgehead atoms. The molecule has 0 N–H and O–H groups in total. The van der Waals surface area contributed by atoms with E-state index >= 15 is 0 Å². The van der Waals surface area contributed by atoms with Crippen molar-refractivity contribution in [3.63, 3.8) is 0 Å². The largest absolute Gasteiger partial charge is 0.378 e. The highest BCUT2D eigenvalue weighted by Gasteiger charge is 2.30. The van der Waals surface area contributed by atoms with Crippen molar-refractivity contribution >= 4 is 38.9 Å². The van der Waals surface area contributed by atoms with Crippen LogP contribution in [0, 0.1) is 5.92 Å². The van der Waals surface area contributed by atoms with E-state index in [1.807, 2.05) is 4.90 Å². The van der Waals surface area contributed by atoms with Gasteiger partial charge < -0.3 is 14.5 Å². The van der Waals surface area contributed by atoms with Crippen LogP contribution < -0.4 is 0 Å². The highest BCUT2D eigenvalue weighted by Crippen LogP contribution is 2.26. The van der Waals surface area contributed by atoms with Crippen molar-refractivity contribution < 1.29 is 17.9 Å². The smallest absolute Gasteiger partial charge is 0.227 e. The zero-order valence-electron chi connectivity index (χ0n) is 15.1. The maximum Gasteiger partial charge on any atom is 0.227 e. The molecule has 0 aromatic heterocycles. The average Bonchev–Trinajstić information content (AvgIpc) is 2.68. The second-order valence-corrected chi connectivity index (χ2v) is 9.89. The van der Waals surface area contributed by atoms with Gasteiger partial charge in [-0.2, -0.15) is 0 Å². The third kappa shape index (κ3) is 5.35. The summed E-state index contributed by atoms with van der Waals surface area (Å²) in [6.07, 6.45) is 1.73. The topological polar surface area (TPSA) is 66.9 Å². The number of sulfone groups is 1. The lowest BCUT2D eigenvalue weighted by Crippen LogP contribution is -2.49. The standard InChI is InChI=1S/C18H24Cl2N2O4S/c19-15-3-4-16(20)17(12-15)27(24,25)11-8-21-5-1-2-14(13-21)18(23)22-6-9-26-10-7-22/h3-4,12,14H,1-2,5-11,13H2. The number of rotatable bonds is 5. The fourth-order valence-electron chi connectivity index (χ4n) is 3.58. The Morgan fingerprint density at radius 3 is 2.67 bits per heavy atom. The molecule has 1 amide bonds. The van der Waals surface area contributed by atoms with E-state index in [0.717, 1.165) is 19.4 Å². The van der Waals surface area contributed by atoms with E-state index in [2.05, 4.69) is 4.90 Å². The molecule has 0 spiro atoms. The lowest BCUT2D eigenvalue weighted by atomic mass is 9.96. The lowest BCUT2D eigenvalue weighted by Gasteiger charge is -2.36. The maximum atomic E-state index is 12.7. The molecular formula is C18H24Cl2N2O4S. The number of likely N-dealkylation sites (tertiary alicyclic amines) is 1. The minimum Gasteiger partial charge on any atom is -0.378 e. The molecule has 3 rings (SSSR count). The Morgan fingerprint density at radius 1 is 1.19 bits per heavy atom. The summed E-state index contributed by atoms with van der Waals surface area (Å²) < 4.78 is 30.6. The Labute approximate surface area is 170 Å². The van der Waals surface area contributed by atoms with Crippen molar-refractivity contribution in [1.82, 2.24) is 9.80 Å². The Balaban J connectivity index is 1.59. The number of benzene rings is 1. The van der Waals surface area contributed by atoms with Gasteiger partial charge in [0.25, 0.3) is 0 Å². The van der Waals surface area contributed by atoms with Crippen LogP contribution >= 0.6 is 23.2 Å². The molecule has 9 heteroatoms. The lowest BCUT2D eigenvalue weighted by molar-refractivity contribution is -0.141. The molecule has 2 saturated heterocycles. The quantitative estimate of drug-likeness (QED) is 0.711. The predicted molar refractivity (Wildman–Crippen MR) is 105 cm³/mol. The molecule has 1 atom stereocenters. The maximum absolute atomic E-state index is 12.7. The summed E-state index contributed by atoms with van der Waals surface area (Å²) in [6.45, 7) is 4.20. The minimum atomic E-state index is -3.54. The van der Waals surface area contributed by atoms with Crippen molar-refractivity contribution in [1.29, 1.82) is 0 Å². The zero-order valence-corrected chi connectivity index (χ0v) is 17.4. The Morgan fingerprint density at radius 2 is 1.93 bits per heavy atom. The summed E-state index contributed by atoms with van der Waals surface area (Å²) in [7, 11) is -3.54. The van der Waals surface area contributed by atoms with Crippen LogP contribution in [0.3, 0.4) is 0 Å². The molecule has 2 fully saturated rings. The molecular weight excluding hydrogens is 411 g/mol. The summed E-state index contributed by atoms with van der Waals surface area (Å²) in [6, 6.07) is 4.45. The molecule has 1 aromatic rings. The second-order valence-electron chi connectivity index (χ2n) is 6.97. The van der Waals surface area contributed by atoms with Crippen molar-refractivity contribution in [2.75, 3.05) is 51.7 Å². The molecule has 6 nitrogen and oxygen atoms in total. The van der Waals surface area contributed by atoms with E-state index in [9.17, 15) is 13.2 Å². The van der Waals surface area contributed by atoms with Gasteiger partial charge in [-0.15, -0.1) is 0 Å². The Hall–Kier alpha value is -0.860. The number of hydrogen-bond donors (Lipinski definition) is 0. The third-order valence-corrected chi connectivity index (χ3v) is 7.49. The summed E-state index contributed by atoms with van der Waals surface area (Å²) in [5.41, 5.74) is 0. The number of morpholine rings is 1. The number of hydrogen-bond acceptors (Lipinski definition) is 5. The molecule has 2 aliphatic heterocycles. The number of nitrogens with zero attached hydrogens (tertiary/aromatic N) is 2. The minimum absolute atomic E-state index is 0.0501. The fraction of sp³-hybridized carbons (Fsp3) is 0.611. The van der Waals surface area contributed by atoms with Crippen LogP contribution in [-0.4, -0.2) is 75.8 Å². The van der Waals surface area contributed by atoms with Crippen LogP contribution in [0.25, 0.3) is 0 Å². The Kier molecular flexibility index (Phi) is 7.03. The van der Waals surface area contributed by atoms with Crippen LogP contribution in [0.1, 0.15) is 12.8 Å². The summed E-state index contributed by atoms with van der Waals surface area (Å²) in [5.74, 6) is 0.0315. The summed E-state index contributed by atoms with van der Waals surface area (Å²) >= 11 is 12.0. The van der Waals surface area contributed by atoms with Gasteiger partial charge in [0.15, 0.2) is 9.84 Å². The number of carbonyl (C=O) groups is 1. The van der Waals surface area contributed by atoms with Gasteiger partial charge in [0.2, 0.25) is 5.91 Å². The van der Waals surface area contributed by atoms with E-state index < -0.39 is 9.84 Å². The molecule has 1 unspecified atom stereocenters. The van der Waals surface area contributed by atoms with Gasteiger partial charge >= 0.3 is 0 Å². The first kappa shape index (κ1) is 20.9. The monoisotopic (exact) mass is 434 g/mol. The molecule has 2 heterocycles. The van der Waals surface area contributed by atoms with Gasteiger partial charge in [-0.1, -0.05) is 23.2 Å². The normalized spacial score (nSPS) is 22.0. The van der Waals surface area contributed by atoms with Crippen LogP contribution in [0.4, 0.5) is 0 Å². The molecule has 27 heavy (non-hydrogen) atoms. The van der Waals surface area contributed by atoms with Gasteiger partial charge in [0.1, 0.15) is 0 Å². The molecule has 2 aliphatic rings. The van der Waals surface area contributed by atoms with Gasteiger partial charge in [0, 0.05) is 31.2 Å². The molecule has 0 radical (unpaired) electrons.